The minimum Gasteiger partial charge on any atom is -0.389 e. The van der Waals surface area contributed by atoms with Crippen molar-refractivity contribution >= 4 is 5.69 Å². The zero-order valence-corrected chi connectivity index (χ0v) is 13.0. The first-order chi connectivity index (χ1) is 9.40. The summed E-state index contributed by atoms with van der Waals surface area (Å²) in [5.41, 5.74) is 2.35. The first-order valence-corrected chi connectivity index (χ1v) is 7.63. The number of rotatable bonds is 3. The third-order valence-electron chi connectivity index (χ3n) is 4.58. The number of hydrogen-bond acceptors (Lipinski definition) is 2. The summed E-state index contributed by atoms with van der Waals surface area (Å²) in [5.74, 6) is 1.27. The Kier molecular flexibility index (Phi) is 4.69. The molecule has 0 aromatic heterocycles. The molecule has 1 aromatic rings. The Bertz CT molecular complexity index is 462. The van der Waals surface area contributed by atoms with Gasteiger partial charge in [0.25, 0.3) is 0 Å². The third-order valence-corrected chi connectivity index (χ3v) is 4.58. The lowest BCUT2D eigenvalue weighted by molar-refractivity contribution is 0.198. The van der Waals surface area contributed by atoms with E-state index < -0.39 is 6.10 Å². The predicted molar refractivity (Wildman–Crippen MR) is 81.5 cm³/mol. The van der Waals surface area contributed by atoms with Gasteiger partial charge in [0.05, 0.1) is 6.10 Å². The molecule has 1 aliphatic rings. The largest absolute Gasteiger partial charge is 0.389 e. The van der Waals surface area contributed by atoms with Gasteiger partial charge in [-0.3, -0.25) is 0 Å². The zero-order valence-electron chi connectivity index (χ0n) is 13.0. The lowest BCUT2D eigenvalue weighted by Crippen LogP contribution is -2.36. The Morgan fingerprint density at radius 2 is 1.80 bits per heavy atom. The highest BCUT2D eigenvalue weighted by molar-refractivity contribution is 5.57. The van der Waals surface area contributed by atoms with Gasteiger partial charge < -0.3 is 10.0 Å². The Morgan fingerprint density at radius 3 is 2.30 bits per heavy atom. The normalized spacial score (nSPS) is 18.6. The maximum atomic E-state index is 13.7. The molecule has 3 heteroatoms. The molecule has 0 radical (unpaired) electrons. The Balaban J connectivity index is 2.23. The van der Waals surface area contributed by atoms with Crippen molar-refractivity contribution in [1.82, 2.24) is 0 Å². The van der Waals surface area contributed by atoms with Gasteiger partial charge in [0.1, 0.15) is 5.82 Å². The van der Waals surface area contributed by atoms with Crippen molar-refractivity contribution in [2.45, 2.75) is 46.6 Å². The van der Waals surface area contributed by atoms with Crippen LogP contribution in [-0.2, 0) is 0 Å². The van der Waals surface area contributed by atoms with Crippen molar-refractivity contribution in [1.29, 1.82) is 0 Å². The minimum atomic E-state index is -0.636. The van der Waals surface area contributed by atoms with Crippen molar-refractivity contribution in [2.24, 2.45) is 11.8 Å². The van der Waals surface area contributed by atoms with Crippen LogP contribution in [0.4, 0.5) is 10.1 Å². The number of aliphatic hydroxyl groups excluding tert-OH is 1. The average Bonchev–Trinajstić information content (AvgIpc) is 2.41. The van der Waals surface area contributed by atoms with Crippen LogP contribution in [0.2, 0.25) is 0 Å². The minimum absolute atomic E-state index is 0.235. The zero-order chi connectivity index (χ0) is 14.9. The predicted octanol–water partition coefficient (Wildman–Crippen LogP) is 4.06. The molecular formula is C17H26FNO. The topological polar surface area (TPSA) is 23.5 Å². The summed E-state index contributed by atoms with van der Waals surface area (Å²) in [4.78, 5) is 2.30. The quantitative estimate of drug-likeness (QED) is 0.902. The van der Waals surface area contributed by atoms with Crippen molar-refractivity contribution in [3.05, 3.63) is 29.1 Å². The first-order valence-electron chi connectivity index (χ1n) is 7.63. The number of aryl methyl sites for hydroxylation is 1. The van der Waals surface area contributed by atoms with E-state index in [4.69, 9.17) is 0 Å². The summed E-state index contributed by atoms with van der Waals surface area (Å²) in [6.45, 7) is 10.0. The molecule has 20 heavy (non-hydrogen) atoms. The molecule has 1 unspecified atom stereocenters. The fourth-order valence-corrected chi connectivity index (χ4v) is 3.10. The monoisotopic (exact) mass is 279 g/mol. The molecule has 1 N–H and O–H groups in total. The highest BCUT2D eigenvalue weighted by Crippen LogP contribution is 2.33. The van der Waals surface area contributed by atoms with Crippen molar-refractivity contribution in [3.8, 4) is 0 Å². The molecule has 0 aliphatic carbocycles. The second kappa shape index (κ2) is 6.13. The Labute approximate surface area is 121 Å². The molecule has 2 nitrogen and oxygen atoms in total. The van der Waals surface area contributed by atoms with E-state index in [1.54, 1.807) is 13.8 Å². The number of nitrogens with zero attached hydrogens (tertiary/aromatic N) is 1. The van der Waals surface area contributed by atoms with Gasteiger partial charge in [-0.05, 0) is 56.2 Å². The molecule has 0 saturated carbocycles. The van der Waals surface area contributed by atoms with Crippen LogP contribution in [0.25, 0.3) is 0 Å². The molecule has 1 aliphatic heterocycles. The number of aliphatic hydroxyl groups is 1. The summed E-state index contributed by atoms with van der Waals surface area (Å²) >= 11 is 0. The fraction of sp³-hybridized carbons (Fsp3) is 0.647. The lowest BCUT2D eigenvalue weighted by atomic mass is 9.86. The standard InChI is InChI=1S/C17H26FNO/c1-11(2)14-5-7-19(8-6-14)17-9-12(3)16(18)10-15(17)13(4)20/h9-11,13-14,20H,5-8H2,1-4H3. The third kappa shape index (κ3) is 3.14. The number of halogens is 1. The fourth-order valence-electron chi connectivity index (χ4n) is 3.10. The molecule has 1 saturated heterocycles. The lowest BCUT2D eigenvalue weighted by Gasteiger charge is -2.37. The Morgan fingerprint density at radius 1 is 1.20 bits per heavy atom. The van der Waals surface area contributed by atoms with E-state index >= 15 is 0 Å². The molecule has 1 aromatic carbocycles. The van der Waals surface area contributed by atoms with Crippen molar-refractivity contribution in [2.75, 3.05) is 18.0 Å². The summed E-state index contributed by atoms with van der Waals surface area (Å²) in [6, 6.07) is 3.37. The van der Waals surface area contributed by atoms with Crippen LogP contribution >= 0.6 is 0 Å². The van der Waals surface area contributed by atoms with Crippen LogP contribution in [0, 0.1) is 24.6 Å². The molecule has 0 bridgehead atoms. The maximum Gasteiger partial charge on any atom is 0.126 e. The van der Waals surface area contributed by atoms with Gasteiger partial charge >= 0.3 is 0 Å². The molecule has 0 spiro atoms. The van der Waals surface area contributed by atoms with Gasteiger partial charge in [0.2, 0.25) is 0 Å². The van der Waals surface area contributed by atoms with E-state index in [-0.39, 0.29) is 5.82 Å². The smallest absolute Gasteiger partial charge is 0.126 e. The summed E-state index contributed by atoms with van der Waals surface area (Å²) < 4.78 is 13.7. The van der Waals surface area contributed by atoms with Gasteiger partial charge in [0, 0.05) is 24.3 Å². The number of anilines is 1. The Hall–Kier alpha value is -1.09. The van der Waals surface area contributed by atoms with Crippen LogP contribution in [0.1, 0.15) is 50.8 Å². The van der Waals surface area contributed by atoms with E-state index in [9.17, 15) is 9.50 Å². The van der Waals surface area contributed by atoms with Crippen LogP contribution in [0.5, 0.6) is 0 Å². The molecule has 2 rings (SSSR count). The van der Waals surface area contributed by atoms with Crippen molar-refractivity contribution < 1.29 is 9.50 Å². The maximum absolute atomic E-state index is 13.7. The first kappa shape index (κ1) is 15.3. The van der Waals surface area contributed by atoms with E-state index in [1.165, 1.54) is 18.9 Å². The summed E-state index contributed by atoms with van der Waals surface area (Å²) in [7, 11) is 0. The number of benzene rings is 1. The van der Waals surface area contributed by atoms with Crippen molar-refractivity contribution in [3.63, 3.8) is 0 Å². The summed E-state index contributed by atoms with van der Waals surface area (Å²) in [5, 5.41) is 9.90. The van der Waals surface area contributed by atoms with Crippen LogP contribution in [-0.4, -0.2) is 18.2 Å². The molecule has 0 amide bonds. The van der Waals surface area contributed by atoms with Gasteiger partial charge in [-0.2, -0.15) is 0 Å². The second-order valence-electron chi connectivity index (χ2n) is 6.40. The van der Waals surface area contributed by atoms with E-state index in [0.29, 0.717) is 11.1 Å². The van der Waals surface area contributed by atoms with Crippen LogP contribution in [0.15, 0.2) is 12.1 Å². The van der Waals surface area contributed by atoms with E-state index in [2.05, 4.69) is 18.7 Å². The molecular weight excluding hydrogens is 253 g/mol. The number of hydrogen-bond donors (Lipinski definition) is 1. The molecule has 1 heterocycles. The molecule has 112 valence electrons. The van der Waals surface area contributed by atoms with Gasteiger partial charge in [0.15, 0.2) is 0 Å². The van der Waals surface area contributed by atoms with E-state index in [0.717, 1.165) is 30.6 Å². The highest BCUT2D eigenvalue weighted by atomic mass is 19.1. The van der Waals surface area contributed by atoms with Gasteiger partial charge in [-0.15, -0.1) is 0 Å². The molecule has 1 fully saturated rings. The van der Waals surface area contributed by atoms with Crippen LogP contribution in [0.3, 0.4) is 0 Å². The van der Waals surface area contributed by atoms with E-state index in [1.807, 2.05) is 6.07 Å². The molecule has 1 atom stereocenters. The van der Waals surface area contributed by atoms with Gasteiger partial charge in [-0.25, -0.2) is 4.39 Å². The average molecular weight is 279 g/mol. The SMILES string of the molecule is Cc1cc(N2CCC(C(C)C)CC2)c(C(C)O)cc1F. The van der Waals surface area contributed by atoms with Crippen LogP contribution < -0.4 is 4.90 Å². The summed E-state index contributed by atoms with van der Waals surface area (Å²) in [6.07, 6.45) is 1.71. The second-order valence-corrected chi connectivity index (χ2v) is 6.40. The number of piperidine rings is 1. The van der Waals surface area contributed by atoms with Gasteiger partial charge in [-0.1, -0.05) is 13.8 Å². The highest BCUT2D eigenvalue weighted by Gasteiger charge is 2.24.